The summed E-state index contributed by atoms with van der Waals surface area (Å²) >= 11 is 0. The van der Waals surface area contributed by atoms with Gasteiger partial charge in [0, 0.05) is 32.7 Å². The molecule has 1 aromatic heterocycles. The Bertz CT molecular complexity index is 1260. The van der Waals surface area contributed by atoms with Gasteiger partial charge in [-0.2, -0.15) is 0 Å². The fourth-order valence-electron chi connectivity index (χ4n) is 4.43. The van der Waals surface area contributed by atoms with Crippen LogP contribution < -0.4 is 10.1 Å². The third kappa shape index (κ3) is 5.91. The maximum absolute atomic E-state index is 13.1. The highest BCUT2D eigenvalue weighted by atomic mass is 16.5. The first-order valence-corrected chi connectivity index (χ1v) is 12.1. The number of likely N-dealkylation sites (N-methyl/N-ethyl adjacent to an activating group) is 1. The van der Waals surface area contributed by atoms with Crippen LogP contribution in [-0.2, 0) is 6.61 Å². The van der Waals surface area contributed by atoms with Crippen molar-refractivity contribution >= 4 is 16.7 Å². The number of carbonyl (C=O) groups is 1. The lowest BCUT2D eigenvalue weighted by Crippen LogP contribution is -2.47. The predicted octanol–water partition coefficient (Wildman–Crippen LogP) is 4.73. The highest BCUT2D eigenvalue weighted by molar-refractivity contribution is 5.91. The molecule has 2 heterocycles. The molecule has 1 aliphatic rings. The monoisotopic (exact) mass is 469 g/mol. The normalized spacial score (nSPS) is 15.7. The number of benzene rings is 3. The third-order valence-electron chi connectivity index (χ3n) is 6.53. The van der Waals surface area contributed by atoms with E-state index in [2.05, 4.69) is 46.4 Å². The number of furan rings is 1. The van der Waals surface area contributed by atoms with E-state index >= 15 is 0 Å². The molecular weight excluding hydrogens is 438 g/mol. The quantitative estimate of drug-likeness (QED) is 0.404. The minimum Gasteiger partial charge on any atom is -0.486 e. The molecule has 3 aromatic carbocycles. The Balaban J connectivity index is 1.22. The summed E-state index contributed by atoms with van der Waals surface area (Å²) in [6, 6.07) is 27.7. The zero-order valence-corrected chi connectivity index (χ0v) is 20.0. The molecule has 1 amide bonds. The summed E-state index contributed by atoms with van der Waals surface area (Å²) in [6.07, 6.45) is 0. The fourth-order valence-corrected chi connectivity index (χ4v) is 4.43. The number of nitrogens with zero attached hydrogens (tertiary/aromatic N) is 2. The first-order valence-electron chi connectivity index (χ1n) is 12.1. The summed E-state index contributed by atoms with van der Waals surface area (Å²) in [6.45, 7) is 5.08. The zero-order valence-electron chi connectivity index (χ0n) is 20.0. The number of amides is 1. The fraction of sp³-hybridized carbons (Fsp3) is 0.276. The SMILES string of the molecule is CN1CCN(CC(NC(=O)c2ccc(COc3ccc4ccccc4c3)o2)c2ccccc2)CC1. The molecule has 0 bridgehead atoms. The molecule has 6 heteroatoms. The second kappa shape index (κ2) is 10.8. The third-order valence-corrected chi connectivity index (χ3v) is 6.53. The van der Waals surface area contributed by atoms with Gasteiger partial charge in [-0.25, -0.2) is 0 Å². The van der Waals surface area contributed by atoms with Crippen molar-refractivity contribution in [2.24, 2.45) is 0 Å². The van der Waals surface area contributed by atoms with Gasteiger partial charge in [-0.1, -0.05) is 60.7 Å². The number of hydrogen-bond acceptors (Lipinski definition) is 5. The van der Waals surface area contributed by atoms with Gasteiger partial charge in [0.15, 0.2) is 5.76 Å². The average Bonchev–Trinajstić information content (AvgIpc) is 3.38. The lowest BCUT2D eigenvalue weighted by Gasteiger charge is -2.34. The maximum Gasteiger partial charge on any atom is 0.287 e. The molecular formula is C29H31N3O3. The molecule has 1 atom stereocenters. The number of fused-ring (bicyclic) bond motifs is 1. The second-order valence-corrected chi connectivity index (χ2v) is 9.10. The largest absolute Gasteiger partial charge is 0.486 e. The van der Waals surface area contributed by atoms with Crippen LogP contribution in [0.3, 0.4) is 0 Å². The van der Waals surface area contributed by atoms with Gasteiger partial charge in [0.2, 0.25) is 0 Å². The topological polar surface area (TPSA) is 58.0 Å². The molecule has 5 rings (SSSR count). The highest BCUT2D eigenvalue weighted by Gasteiger charge is 2.23. The molecule has 0 saturated carbocycles. The van der Waals surface area contributed by atoms with Crippen molar-refractivity contribution in [3.63, 3.8) is 0 Å². The first kappa shape index (κ1) is 23.1. The van der Waals surface area contributed by atoms with E-state index in [4.69, 9.17) is 9.15 Å². The number of carbonyl (C=O) groups excluding carboxylic acids is 1. The van der Waals surface area contributed by atoms with E-state index in [-0.39, 0.29) is 18.6 Å². The molecule has 35 heavy (non-hydrogen) atoms. The lowest BCUT2D eigenvalue weighted by molar-refractivity contribution is 0.0876. The van der Waals surface area contributed by atoms with Crippen LogP contribution in [0.15, 0.2) is 89.3 Å². The Labute approximate surface area is 206 Å². The maximum atomic E-state index is 13.1. The molecule has 1 aliphatic heterocycles. The van der Waals surface area contributed by atoms with E-state index in [9.17, 15) is 4.79 Å². The van der Waals surface area contributed by atoms with E-state index in [1.807, 2.05) is 48.5 Å². The van der Waals surface area contributed by atoms with Crippen LogP contribution in [-0.4, -0.2) is 55.5 Å². The van der Waals surface area contributed by atoms with Crippen molar-refractivity contribution in [3.05, 3.63) is 102 Å². The standard InChI is InChI=1S/C29H31N3O3/c1-31-15-17-32(18-16-31)20-27(23-8-3-2-4-9-23)30-29(33)28-14-13-26(35-28)21-34-25-12-11-22-7-5-6-10-24(22)19-25/h2-14,19,27H,15-18,20-21H2,1H3,(H,30,33). The Morgan fingerprint density at radius 1 is 0.914 bits per heavy atom. The summed E-state index contributed by atoms with van der Waals surface area (Å²) in [4.78, 5) is 17.8. The number of ether oxygens (including phenoxy) is 1. The predicted molar refractivity (Wildman–Crippen MR) is 138 cm³/mol. The molecule has 1 fully saturated rings. The van der Waals surface area contributed by atoms with Gasteiger partial charge in [-0.05, 0) is 47.6 Å². The van der Waals surface area contributed by atoms with Crippen LogP contribution in [0.25, 0.3) is 10.8 Å². The molecule has 0 spiro atoms. The van der Waals surface area contributed by atoms with Gasteiger partial charge in [0.25, 0.3) is 5.91 Å². The summed E-state index contributed by atoms with van der Waals surface area (Å²) < 4.78 is 11.8. The van der Waals surface area contributed by atoms with Crippen LogP contribution in [0.5, 0.6) is 5.75 Å². The zero-order chi connectivity index (χ0) is 24.0. The summed E-state index contributed by atoms with van der Waals surface area (Å²) in [7, 11) is 2.14. The molecule has 180 valence electrons. The number of hydrogen-bond donors (Lipinski definition) is 1. The van der Waals surface area contributed by atoms with E-state index in [1.54, 1.807) is 12.1 Å². The van der Waals surface area contributed by atoms with Gasteiger partial charge in [0.1, 0.15) is 18.1 Å². The van der Waals surface area contributed by atoms with E-state index in [0.717, 1.165) is 49.4 Å². The van der Waals surface area contributed by atoms with Crippen molar-refractivity contribution in [2.75, 3.05) is 39.8 Å². The van der Waals surface area contributed by atoms with Crippen molar-refractivity contribution in [3.8, 4) is 5.75 Å². The first-order chi connectivity index (χ1) is 17.1. The van der Waals surface area contributed by atoms with E-state index < -0.39 is 0 Å². The minimum absolute atomic E-state index is 0.116. The van der Waals surface area contributed by atoms with E-state index in [1.165, 1.54) is 5.39 Å². The van der Waals surface area contributed by atoms with Crippen LogP contribution in [0.2, 0.25) is 0 Å². The number of rotatable bonds is 8. The van der Waals surface area contributed by atoms with Crippen molar-refractivity contribution in [2.45, 2.75) is 12.6 Å². The van der Waals surface area contributed by atoms with Crippen molar-refractivity contribution in [1.82, 2.24) is 15.1 Å². The van der Waals surface area contributed by atoms with E-state index in [0.29, 0.717) is 11.5 Å². The van der Waals surface area contributed by atoms with Crippen LogP contribution in [0.4, 0.5) is 0 Å². The Hall–Kier alpha value is -3.61. The van der Waals surface area contributed by atoms with Crippen LogP contribution >= 0.6 is 0 Å². The average molecular weight is 470 g/mol. The molecule has 1 unspecified atom stereocenters. The summed E-state index contributed by atoms with van der Waals surface area (Å²) in [5.41, 5.74) is 1.09. The Kier molecular flexibility index (Phi) is 7.12. The van der Waals surface area contributed by atoms with Crippen LogP contribution in [0.1, 0.15) is 27.9 Å². The van der Waals surface area contributed by atoms with Crippen molar-refractivity contribution < 1.29 is 13.9 Å². The second-order valence-electron chi connectivity index (χ2n) is 9.10. The Morgan fingerprint density at radius 3 is 2.46 bits per heavy atom. The number of piperazine rings is 1. The molecule has 0 radical (unpaired) electrons. The van der Waals surface area contributed by atoms with Crippen LogP contribution in [0, 0.1) is 0 Å². The van der Waals surface area contributed by atoms with Gasteiger partial charge >= 0.3 is 0 Å². The lowest BCUT2D eigenvalue weighted by atomic mass is 10.1. The number of nitrogens with one attached hydrogen (secondary N) is 1. The summed E-state index contributed by atoms with van der Waals surface area (Å²) in [5, 5.41) is 5.48. The summed E-state index contributed by atoms with van der Waals surface area (Å²) in [5.74, 6) is 1.45. The molecule has 0 aliphatic carbocycles. The molecule has 1 saturated heterocycles. The van der Waals surface area contributed by atoms with Gasteiger partial charge in [-0.3, -0.25) is 9.69 Å². The molecule has 1 N–H and O–H groups in total. The van der Waals surface area contributed by atoms with Gasteiger partial charge in [0.05, 0.1) is 6.04 Å². The Morgan fingerprint density at radius 2 is 1.66 bits per heavy atom. The smallest absolute Gasteiger partial charge is 0.287 e. The van der Waals surface area contributed by atoms with Gasteiger partial charge in [-0.15, -0.1) is 0 Å². The van der Waals surface area contributed by atoms with Crippen molar-refractivity contribution in [1.29, 1.82) is 0 Å². The minimum atomic E-state index is -0.218. The molecule has 4 aromatic rings. The highest BCUT2D eigenvalue weighted by Crippen LogP contribution is 2.22. The van der Waals surface area contributed by atoms with Gasteiger partial charge < -0.3 is 19.4 Å². The molecule has 6 nitrogen and oxygen atoms in total.